The maximum atomic E-state index is 3.74. The van der Waals surface area contributed by atoms with Crippen LogP contribution in [0.3, 0.4) is 0 Å². The fraction of sp³-hybridized carbons (Fsp3) is 0.647. The number of rotatable bonds is 4. The van der Waals surface area contributed by atoms with Crippen molar-refractivity contribution in [3.63, 3.8) is 0 Å². The van der Waals surface area contributed by atoms with Gasteiger partial charge in [0.2, 0.25) is 0 Å². The van der Waals surface area contributed by atoms with Crippen LogP contribution < -0.4 is 5.32 Å². The van der Waals surface area contributed by atoms with E-state index in [0.717, 1.165) is 5.92 Å². The van der Waals surface area contributed by atoms with Gasteiger partial charge in [0.15, 0.2) is 0 Å². The molecule has 2 atom stereocenters. The van der Waals surface area contributed by atoms with Crippen LogP contribution in [0.1, 0.15) is 57.4 Å². The average molecular weight is 324 g/mol. The third-order valence-electron chi connectivity index (χ3n) is 4.20. The van der Waals surface area contributed by atoms with Gasteiger partial charge in [-0.25, -0.2) is 0 Å². The minimum atomic E-state index is 0.663. The lowest BCUT2D eigenvalue weighted by atomic mass is 9.95. The van der Waals surface area contributed by atoms with E-state index in [1.54, 1.807) is 0 Å². The highest BCUT2D eigenvalue weighted by Gasteiger charge is 2.18. The quantitative estimate of drug-likeness (QED) is 0.678. The third-order valence-corrected chi connectivity index (χ3v) is 4.66. The first-order valence-corrected chi connectivity index (χ1v) is 8.50. The summed E-state index contributed by atoms with van der Waals surface area (Å²) >= 11 is 3.58. The lowest BCUT2D eigenvalue weighted by Gasteiger charge is -2.19. The molecule has 2 unspecified atom stereocenters. The van der Waals surface area contributed by atoms with Gasteiger partial charge in [-0.05, 0) is 55.9 Å². The van der Waals surface area contributed by atoms with Crippen molar-refractivity contribution in [1.82, 2.24) is 0 Å². The largest absolute Gasteiger partial charge is 0.382 e. The zero-order valence-electron chi connectivity index (χ0n) is 12.2. The number of hydrogen-bond donors (Lipinski definition) is 1. The Balaban J connectivity index is 1.92. The van der Waals surface area contributed by atoms with E-state index in [4.69, 9.17) is 0 Å². The second kappa shape index (κ2) is 7.33. The minimum absolute atomic E-state index is 0.663. The highest BCUT2D eigenvalue weighted by atomic mass is 79.9. The highest BCUT2D eigenvalue weighted by Crippen LogP contribution is 2.29. The molecule has 0 saturated heterocycles. The van der Waals surface area contributed by atoms with Crippen molar-refractivity contribution in [1.29, 1.82) is 0 Å². The van der Waals surface area contributed by atoms with Crippen LogP contribution in [0.25, 0.3) is 0 Å². The molecule has 19 heavy (non-hydrogen) atoms. The smallest absolute Gasteiger partial charge is 0.0356 e. The molecule has 106 valence electrons. The third kappa shape index (κ3) is 4.83. The van der Waals surface area contributed by atoms with Gasteiger partial charge in [-0.1, -0.05) is 48.5 Å². The van der Waals surface area contributed by atoms with Crippen molar-refractivity contribution in [3.8, 4) is 0 Å². The van der Waals surface area contributed by atoms with Crippen molar-refractivity contribution >= 4 is 21.6 Å². The summed E-state index contributed by atoms with van der Waals surface area (Å²) < 4.78 is 1.17. The van der Waals surface area contributed by atoms with E-state index in [1.165, 1.54) is 60.7 Å². The van der Waals surface area contributed by atoms with Gasteiger partial charge < -0.3 is 5.32 Å². The van der Waals surface area contributed by atoms with Crippen LogP contribution in [0, 0.1) is 12.8 Å². The predicted molar refractivity (Wildman–Crippen MR) is 87.8 cm³/mol. The summed E-state index contributed by atoms with van der Waals surface area (Å²) in [5, 5.41) is 3.74. The van der Waals surface area contributed by atoms with E-state index in [9.17, 15) is 0 Å². The van der Waals surface area contributed by atoms with E-state index in [2.05, 4.69) is 53.3 Å². The van der Waals surface area contributed by atoms with E-state index >= 15 is 0 Å². The Morgan fingerprint density at radius 3 is 2.74 bits per heavy atom. The Morgan fingerprint density at radius 2 is 2.00 bits per heavy atom. The van der Waals surface area contributed by atoms with Crippen LogP contribution in [0.5, 0.6) is 0 Å². The molecule has 1 fully saturated rings. The monoisotopic (exact) mass is 323 g/mol. The molecule has 1 saturated carbocycles. The van der Waals surface area contributed by atoms with Gasteiger partial charge in [0.25, 0.3) is 0 Å². The summed E-state index contributed by atoms with van der Waals surface area (Å²) in [4.78, 5) is 0. The van der Waals surface area contributed by atoms with Gasteiger partial charge in [0, 0.05) is 16.2 Å². The molecule has 1 nitrogen and oxygen atoms in total. The maximum absolute atomic E-state index is 3.74. The molecule has 1 aliphatic rings. The maximum Gasteiger partial charge on any atom is 0.0356 e. The second-order valence-electron chi connectivity index (χ2n) is 6.02. The number of aryl methyl sites for hydroxylation is 1. The lowest BCUT2D eigenvalue weighted by Crippen LogP contribution is -2.18. The molecule has 2 rings (SSSR count). The first kappa shape index (κ1) is 14.9. The fourth-order valence-corrected chi connectivity index (χ4v) is 3.88. The Hall–Kier alpha value is -0.500. The molecule has 0 aliphatic heterocycles. The number of halogens is 1. The minimum Gasteiger partial charge on any atom is -0.382 e. The molecule has 2 heteroatoms. The Bertz CT molecular complexity index is 382. The Morgan fingerprint density at radius 1 is 1.16 bits per heavy atom. The van der Waals surface area contributed by atoms with Crippen LogP contribution in [-0.2, 0) is 0 Å². The molecule has 1 aromatic carbocycles. The average Bonchev–Trinajstić information content (AvgIpc) is 2.54. The van der Waals surface area contributed by atoms with Gasteiger partial charge in [0.1, 0.15) is 0 Å². The number of benzene rings is 1. The first-order valence-electron chi connectivity index (χ1n) is 7.71. The van der Waals surface area contributed by atoms with Crippen molar-refractivity contribution < 1.29 is 0 Å². The van der Waals surface area contributed by atoms with Crippen molar-refractivity contribution in [2.45, 2.75) is 64.8 Å². The molecule has 0 amide bonds. The summed E-state index contributed by atoms with van der Waals surface area (Å²) in [5.41, 5.74) is 2.58. The predicted octanol–water partition coefficient (Wildman–Crippen LogP) is 5.92. The van der Waals surface area contributed by atoms with Gasteiger partial charge in [-0.2, -0.15) is 0 Å². The summed E-state index contributed by atoms with van der Waals surface area (Å²) in [7, 11) is 0. The second-order valence-corrected chi connectivity index (χ2v) is 6.94. The molecule has 1 aliphatic carbocycles. The SMILES string of the molecule is CCCC1CCCC(Nc2cc(C)cc(Br)c2)CC1. The van der Waals surface area contributed by atoms with Crippen LogP contribution in [0.2, 0.25) is 0 Å². The zero-order chi connectivity index (χ0) is 13.7. The summed E-state index contributed by atoms with van der Waals surface area (Å²) in [6.45, 7) is 4.46. The van der Waals surface area contributed by atoms with Gasteiger partial charge in [-0.3, -0.25) is 0 Å². The van der Waals surface area contributed by atoms with Crippen LogP contribution in [0.4, 0.5) is 5.69 Å². The van der Waals surface area contributed by atoms with Crippen LogP contribution in [-0.4, -0.2) is 6.04 Å². The van der Waals surface area contributed by atoms with E-state index in [0.29, 0.717) is 6.04 Å². The Labute approximate surface area is 126 Å². The fourth-order valence-electron chi connectivity index (χ4n) is 3.28. The van der Waals surface area contributed by atoms with Crippen LogP contribution >= 0.6 is 15.9 Å². The van der Waals surface area contributed by atoms with Crippen LogP contribution in [0.15, 0.2) is 22.7 Å². The first-order chi connectivity index (χ1) is 9.17. The molecule has 0 heterocycles. The molecule has 0 bridgehead atoms. The number of anilines is 1. The summed E-state index contributed by atoms with van der Waals surface area (Å²) in [5.74, 6) is 0.973. The van der Waals surface area contributed by atoms with Crippen molar-refractivity contribution in [2.24, 2.45) is 5.92 Å². The molecular weight excluding hydrogens is 298 g/mol. The highest BCUT2D eigenvalue weighted by molar-refractivity contribution is 9.10. The summed E-state index contributed by atoms with van der Waals surface area (Å²) in [6, 6.07) is 7.27. The zero-order valence-corrected chi connectivity index (χ0v) is 13.8. The summed E-state index contributed by atoms with van der Waals surface area (Å²) in [6.07, 6.45) is 9.63. The van der Waals surface area contributed by atoms with Gasteiger partial charge in [-0.15, -0.1) is 0 Å². The van der Waals surface area contributed by atoms with Gasteiger partial charge in [0.05, 0.1) is 0 Å². The molecular formula is C17H26BrN. The number of nitrogens with one attached hydrogen (secondary N) is 1. The topological polar surface area (TPSA) is 12.0 Å². The lowest BCUT2D eigenvalue weighted by molar-refractivity contribution is 0.422. The molecule has 1 N–H and O–H groups in total. The molecule has 0 aromatic heterocycles. The van der Waals surface area contributed by atoms with E-state index in [1.807, 2.05) is 0 Å². The Kier molecular flexibility index (Phi) is 5.75. The molecule has 0 radical (unpaired) electrons. The molecule has 0 spiro atoms. The van der Waals surface area contributed by atoms with Crippen molar-refractivity contribution in [3.05, 3.63) is 28.2 Å². The number of hydrogen-bond acceptors (Lipinski definition) is 1. The van der Waals surface area contributed by atoms with Crippen molar-refractivity contribution in [2.75, 3.05) is 5.32 Å². The van der Waals surface area contributed by atoms with E-state index in [-0.39, 0.29) is 0 Å². The molecule has 1 aromatic rings. The van der Waals surface area contributed by atoms with Gasteiger partial charge >= 0.3 is 0 Å². The van der Waals surface area contributed by atoms with E-state index < -0.39 is 0 Å². The normalized spacial score (nSPS) is 23.9. The standard InChI is InChI=1S/C17H26BrN/c1-3-5-14-6-4-7-16(9-8-14)19-17-11-13(2)10-15(18)12-17/h10-12,14,16,19H,3-9H2,1-2H3.